The van der Waals surface area contributed by atoms with Crippen LogP contribution < -0.4 is 25.0 Å². The van der Waals surface area contributed by atoms with E-state index in [1.54, 1.807) is 57.2 Å². The molecule has 0 bridgehead atoms. The molecule has 3 atom stereocenters. The number of ketones is 1. The first kappa shape index (κ1) is 35.3. The Morgan fingerprint density at radius 3 is 2.07 bits per heavy atom. The van der Waals surface area contributed by atoms with Crippen LogP contribution in [0.25, 0.3) is 10.9 Å². The number of aliphatic hydroxyl groups excluding tert-OH is 1. The number of ether oxygens (including phenoxy) is 3. The van der Waals surface area contributed by atoms with Gasteiger partial charge in [-0.1, -0.05) is 39.0 Å². The Bertz CT molecular complexity index is 1630. The summed E-state index contributed by atoms with van der Waals surface area (Å²) in [5.41, 5.74) is 1.37. The molecule has 0 aliphatic heterocycles. The number of methoxy groups -OCH3 is 3. The molecule has 14 heteroatoms. The van der Waals surface area contributed by atoms with Crippen LogP contribution in [0, 0.1) is 11.3 Å². The van der Waals surface area contributed by atoms with E-state index in [0.29, 0.717) is 41.0 Å². The first-order chi connectivity index (χ1) is 21.1. The molecule has 2 aromatic carbocycles. The van der Waals surface area contributed by atoms with Crippen molar-refractivity contribution in [2.75, 3.05) is 27.6 Å². The Balaban J connectivity index is 1.93. The summed E-state index contributed by atoms with van der Waals surface area (Å²) in [6.07, 6.45) is -0.318. The van der Waals surface area contributed by atoms with Crippen LogP contribution in [0.4, 0.5) is 0 Å². The number of amides is 2. The molecule has 2 amide bonds. The van der Waals surface area contributed by atoms with Crippen LogP contribution in [0.15, 0.2) is 42.5 Å². The van der Waals surface area contributed by atoms with E-state index in [-0.39, 0.29) is 12.1 Å². The third kappa shape index (κ3) is 7.93. The van der Waals surface area contributed by atoms with Gasteiger partial charge >= 0.3 is 0 Å². The minimum absolute atomic E-state index is 0.0221. The van der Waals surface area contributed by atoms with Gasteiger partial charge < -0.3 is 24.6 Å². The number of aromatic nitrogens is 1. The van der Waals surface area contributed by atoms with Crippen molar-refractivity contribution in [3.05, 3.63) is 53.7 Å². The first-order valence-electron chi connectivity index (χ1n) is 14.2. The SMILES string of the molecule is COc1cc(CCC[C@@H](C(=O)N[C@H](C(=O)c2cc3ccccc3n2S(C)(=O)=O)C(C)(C)C)[C@H](O)C(=O)NO)cc(OC)c1OC. The number of benzene rings is 2. The lowest BCUT2D eigenvalue weighted by Crippen LogP contribution is -2.54. The van der Waals surface area contributed by atoms with Gasteiger partial charge in [-0.3, -0.25) is 19.6 Å². The average Bonchev–Trinajstić information content (AvgIpc) is 3.40. The Kier molecular flexibility index (Phi) is 11.2. The van der Waals surface area contributed by atoms with Crippen molar-refractivity contribution in [2.24, 2.45) is 11.3 Å². The van der Waals surface area contributed by atoms with E-state index in [0.717, 1.165) is 15.8 Å². The van der Waals surface area contributed by atoms with Gasteiger partial charge in [-0.25, -0.2) is 17.9 Å². The van der Waals surface area contributed by atoms with Crippen molar-refractivity contribution in [1.29, 1.82) is 0 Å². The van der Waals surface area contributed by atoms with Gasteiger partial charge in [0.1, 0.15) is 11.8 Å². The summed E-state index contributed by atoms with van der Waals surface area (Å²) in [6.45, 7) is 5.08. The Morgan fingerprint density at radius 1 is 0.956 bits per heavy atom. The molecule has 0 aliphatic carbocycles. The number of para-hydroxylation sites is 1. The topological polar surface area (TPSA) is 182 Å². The van der Waals surface area contributed by atoms with E-state index in [2.05, 4.69) is 5.32 Å². The summed E-state index contributed by atoms with van der Waals surface area (Å²) in [4.78, 5) is 40.0. The van der Waals surface area contributed by atoms with Crippen molar-refractivity contribution in [1.82, 2.24) is 14.8 Å². The standard InChI is InChI=1S/C31H41N3O10S/c1-31(2,3)28(26(36)22-17-19-12-8-9-14-21(19)34(22)45(7,40)41)32-29(37)20(25(35)30(38)33-39)13-10-11-18-15-23(42-4)27(44-6)24(16-18)43-5/h8-9,12,14-17,20,25,28,35,39H,10-11,13H2,1-7H3,(H,32,37)(H,33,38)/t20-,25+,28-/m1/s1. The molecule has 0 radical (unpaired) electrons. The minimum Gasteiger partial charge on any atom is -0.493 e. The summed E-state index contributed by atoms with van der Waals surface area (Å²) in [6, 6.07) is 10.3. The molecular formula is C31H41N3O10S. The van der Waals surface area contributed by atoms with Gasteiger partial charge in [-0.05, 0) is 54.5 Å². The molecule has 0 saturated heterocycles. The first-order valence-corrected chi connectivity index (χ1v) is 16.0. The lowest BCUT2D eigenvalue weighted by molar-refractivity contribution is -0.146. The van der Waals surface area contributed by atoms with E-state index >= 15 is 0 Å². The number of carbonyl (C=O) groups is 3. The van der Waals surface area contributed by atoms with Crippen LogP contribution in [-0.2, 0) is 26.0 Å². The van der Waals surface area contributed by atoms with Gasteiger partial charge in [-0.15, -0.1) is 0 Å². The molecule has 1 heterocycles. The van der Waals surface area contributed by atoms with Crippen LogP contribution in [0.3, 0.4) is 0 Å². The zero-order valence-electron chi connectivity index (χ0n) is 26.4. The second kappa shape index (κ2) is 14.3. The number of nitrogens with zero attached hydrogens (tertiary/aromatic N) is 1. The zero-order chi connectivity index (χ0) is 33.7. The Hall–Kier alpha value is -4.14. The van der Waals surface area contributed by atoms with E-state index in [9.17, 15) is 33.1 Å². The van der Waals surface area contributed by atoms with Gasteiger partial charge in [0.2, 0.25) is 27.5 Å². The molecule has 0 spiro atoms. The largest absolute Gasteiger partial charge is 0.493 e. The number of aryl methyl sites for hydroxylation is 1. The van der Waals surface area contributed by atoms with E-state index in [1.807, 2.05) is 0 Å². The molecule has 0 fully saturated rings. The van der Waals surface area contributed by atoms with Crippen LogP contribution in [0.5, 0.6) is 17.2 Å². The molecule has 1 aromatic heterocycles. The molecule has 45 heavy (non-hydrogen) atoms. The van der Waals surface area contributed by atoms with Crippen LogP contribution in [-0.4, -0.2) is 80.0 Å². The molecule has 246 valence electrons. The number of aliphatic hydroxyl groups is 1. The molecule has 3 aromatic rings. The molecule has 4 N–H and O–H groups in total. The molecule has 0 saturated carbocycles. The second-order valence-corrected chi connectivity index (χ2v) is 13.6. The smallest absolute Gasteiger partial charge is 0.272 e. The fourth-order valence-electron chi connectivity index (χ4n) is 5.22. The highest BCUT2D eigenvalue weighted by molar-refractivity contribution is 7.89. The highest BCUT2D eigenvalue weighted by atomic mass is 32.2. The van der Waals surface area contributed by atoms with Gasteiger partial charge in [-0.2, -0.15) is 0 Å². The predicted octanol–water partition coefficient (Wildman–Crippen LogP) is 2.69. The van der Waals surface area contributed by atoms with Gasteiger partial charge in [0.15, 0.2) is 11.5 Å². The van der Waals surface area contributed by atoms with Crippen molar-refractivity contribution < 1.29 is 47.3 Å². The summed E-state index contributed by atoms with van der Waals surface area (Å²) in [5.74, 6) is -2.81. The van der Waals surface area contributed by atoms with Crippen molar-refractivity contribution in [3.8, 4) is 17.2 Å². The predicted molar refractivity (Wildman–Crippen MR) is 166 cm³/mol. The van der Waals surface area contributed by atoms with Crippen molar-refractivity contribution >= 4 is 38.5 Å². The number of hydrogen-bond acceptors (Lipinski definition) is 10. The number of Topliss-reactive ketones (excluding diaryl/α,β-unsaturated/α-hetero) is 1. The zero-order valence-corrected chi connectivity index (χ0v) is 27.2. The van der Waals surface area contributed by atoms with E-state index in [4.69, 9.17) is 14.2 Å². The lowest BCUT2D eigenvalue weighted by atomic mass is 9.82. The fourth-order valence-corrected chi connectivity index (χ4v) is 6.24. The number of carbonyl (C=O) groups excluding carboxylic acids is 3. The van der Waals surface area contributed by atoms with Gasteiger partial charge in [0.05, 0.1) is 45.1 Å². The summed E-state index contributed by atoms with van der Waals surface area (Å²) in [7, 11) is 0.509. The average molecular weight is 648 g/mol. The molecular weight excluding hydrogens is 606 g/mol. The molecule has 13 nitrogen and oxygen atoms in total. The van der Waals surface area contributed by atoms with Crippen LogP contribution >= 0.6 is 0 Å². The maximum Gasteiger partial charge on any atom is 0.272 e. The number of hydrogen-bond donors (Lipinski definition) is 4. The molecule has 0 unspecified atom stereocenters. The monoisotopic (exact) mass is 647 g/mol. The summed E-state index contributed by atoms with van der Waals surface area (Å²) in [5, 5.41) is 23.1. The third-order valence-corrected chi connectivity index (χ3v) is 8.52. The molecule has 3 rings (SSSR count). The van der Waals surface area contributed by atoms with Crippen molar-refractivity contribution in [2.45, 2.75) is 52.2 Å². The summed E-state index contributed by atoms with van der Waals surface area (Å²) < 4.78 is 42.6. The number of rotatable bonds is 14. The highest BCUT2D eigenvalue weighted by Crippen LogP contribution is 2.38. The number of hydroxylamine groups is 1. The maximum atomic E-state index is 14.0. The molecule has 0 aliphatic rings. The minimum atomic E-state index is -3.93. The van der Waals surface area contributed by atoms with Crippen LogP contribution in [0.2, 0.25) is 0 Å². The van der Waals surface area contributed by atoms with Crippen LogP contribution in [0.1, 0.15) is 49.7 Å². The maximum absolute atomic E-state index is 14.0. The summed E-state index contributed by atoms with van der Waals surface area (Å²) >= 11 is 0. The third-order valence-electron chi connectivity index (χ3n) is 7.47. The highest BCUT2D eigenvalue weighted by Gasteiger charge is 2.40. The lowest BCUT2D eigenvalue weighted by Gasteiger charge is -2.32. The normalized spacial score (nSPS) is 13.9. The van der Waals surface area contributed by atoms with Gasteiger partial charge in [0, 0.05) is 5.39 Å². The van der Waals surface area contributed by atoms with Crippen molar-refractivity contribution in [3.63, 3.8) is 0 Å². The number of fused-ring (bicyclic) bond motifs is 1. The van der Waals surface area contributed by atoms with E-state index in [1.165, 1.54) is 32.9 Å². The fraction of sp³-hybridized carbons (Fsp3) is 0.452. The number of nitrogens with one attached hydrogen (secondary N) is 2. The quantitative estimate of drug-likeness (QED) is 0.115. The van der Waals surface area contributed by atoms with E-state index < -0.39 is 51.1 Å². The van der Waals surface area contributed by atoms with Gasteiger partial charge in [0.25, 0.3) is 5.91 Å². The Morgan fingerprint density at radius 2 is 1.56 bits per heavy atom. The Labute approximate surface area is 262 Å². The second-order valence-electron chi connectivity index (χ2n) is 11.7.